The van der Waals surface area contributed by atoms with Crippen molar-refractivity contribution in [2.24, 2.45) is 5.92 Å². The van der Waals surface area contributed by atoms with E-state index in [9.17, 15) is 19.2 Å². The van der Waals surface area contributed by atoms with Gasteiger partial charge in [0.05, 0.1) is 63.9 Å². The van der Waals surface area contributed by atoms with Crippen LogP contribution in [0.15, 0.2) is 54.7 Å². The number of rotatable bonds is 39. The van der Waals surface area contributed by atoms with Crippen molar-refractivity contribution in [2.45, 2.75) is 217 Å². The summed E-state index contributed by atoms with van der Waals surface area (Å²) in [5, 5.41) is 16.8. The second-order valence-corrected chi connectivity index (χ2v) is 28.5. The zero-order valence-electron chi connectivity index (χ0n) is 67.7. The first-order chi connectivity index (χ1) is 54.7. The molecule has 37 nitrogen and oxygen atoms in total. The van der Waals surface area contributed by atoms with Gasteiger partial charge < -0.3 is 144 Å². The minimum atomic E-state index is -1.22. The van der Waals surface area contributed by atoms with Crippen LogP contribution in [-0.2, 0) is 142 Å². The first-order valence-electron chi connectivity index (χ1n) is 37.7. The van der Waals surface area contributed by atoms with Gasteiger partial charge in [0.15, 0.2) is 43.3 Å². The molecule has 3 amide bonds. The predicted molar refractivity (Wildman–Crippen MR) is 391 cm³/mol. The van der Waals surface area contributed by atoms with Gasteiger partial charge in [0.2, 0.25) is 11.8 Å². The van der Waals surface area contributed by atoms with Gasteiger partial charge in [-0.05, 0) is 36.1 Å². The number of hydrogen-bond donors (Lipinski definition) is 3. The Morgan fingerprint density at radius 3 is 1.19 bits per heavy atom. The van der Waals surface area contributed by atoms with E-state index in [-0.39, 0.29) is 75.6 Å². The van der Waals surface area contributed by atoms with E-state index in [0.29, 0.717) is 0 Å². The number of amides is 3. The molecular formula is C76H116N6O31. The van der Waals surface area contributed by atoms with Crippen LogP contribution in [-0.4, -0.2) is 364 Å². The number of ether oxygens (including phenoxy) is 27. The molecule has 0 radical (unpaired) electrons. The zero-order chi connectivity index (χ0) is 81.3. The highest BCUT2D eigenvalue weighted by Gasteiger charge is 2.59. The van der Waals surface area contributed by atoms with Gasteiger partial charge in [0.1, 0.15) is 129 Å². The molecule has 0 spiro atoms. The van der Waals surface area contributed by atoms with E-state index < -0.39 is 196 Å². The van der Waals surface area contributed by atoms with Gasteiger partial charge in [-0.15, -0.1) is 5.10 Å². The molecule has 30 atom stereocenters. The lowest BCUT2D eigenvalue weighted by atomic mass is 9.91. The third-order valence-corrected chi connectivity index (χ3v) is 22.2. The molecule has 1 aliphatic carbocycles. The number of fused-ring (bicyclic) bond motifs is 3. The molecule has 3 N–H and O–H groups in total. The quantitative estimate of drug-likeness (QED) is 0.0677. The fourth-order valence-corrected chi connectivity index (χ4v) is 16.5. The second-order valence-electron chi connectivity index (χ2n) is 28.5. The number of esters is 1. The Bertz CT molecular complexity index is 3400. The summed E-state index contributed by atoms with van der Waals surface area (Å²) in [6, 6.07) is 15.3. The molecule has 0 bridgehead atoms. The minimum Gasteiger partial charge on any atom is -0.465 e. The van der Waals surface area contributed by atoms with E-state index in [2.05, 4.69) is 38.4 Å². The van der Waals surface area contributed by atoms with Crippen molar-refractivity contribution in [2.75, 3.05) is 153 Å². The standard InChI is InChI=1S/C76H116N6O31/c1-37-38(2)104-73(66(99-16)54(37)91-8)110-57-48(35-89-6)108-75(68(101-18)62(57)95-12)113-56-47(34-88-5)107-72(65(98-15)61(56)94-11)79-51(84)30-77-70(86)45-31-82(81-80-45)53-39(3)105-74(67(100-17)59(53)92-9)111-58-49(36-90-7)109-76(69(102-19)63(58)96-13)112-55-46(33-87-4)106-71(64(97-14)60(55)93-10)78-50(83)28-29-52(85)103-32-44-42-26-22-20-24-40(42)41-25-21-23-27-43(41)44/h20-27,31,37-39,44,46-49,53-69,71-76H,28-30,32-36H2,1-19H3,(H,77,86)(H,78,83)(H,79,84)/t37-,38?,39?,46?,47?,48?,49?,53-,54-,55+,56+,57+,58+,59-,60-,61-,62-,63-,64?,65?,66?,67?,68?,69?,71?,72?,73+,74+,75+,76+/m1/s1. The molecule has 2 aromatic carbocycles. The fourth-order valence-electron chi connectivity index (χ4n) is 16.5. The van der Waals surface area contributed by atoms with E-state index in [0.717, 1.165) is 22.3 Å². The average Bonchev–Trinajstić information content (AvgIpc) is 1.56. The number of nitrogens with zero attached hydrogens (tertiary/aromatic N) is 3. The van der Waals surface area contributed by atoms with Crippen molar-refractivity contribution in [1.29, 1.82) is 0 Å². The van der Waals surface area contributed by atoms with Gasteiger partial charge in [-0.1, -0.05) is 60.7 Å². The van der Waals surface area contributed by atoms with Crippen LogP contribution in [0.5, 0.6) is 0 Å². The summed E-state index contributed by atoms with van der Waals surface area (Å²) >= 11 is 0. The Morgan fingerprint density at radius 1 is 0.398 bits per heavy atom. The maximum atomic E-state index is 13.9. The number of hydrogen-bond acceptors (Lipinski definition) is 33. The summed E-state index contributed by atoms with van der Waals surface area (Å²) in [5.74, 6) is -2.60. The summed E-state index contributed by atoms with van der Waals surface area (Å²) < 4.78 is 169. The van der Waals surface area contributed by atoms with Crippen molar-refractivity contribution in [3.63, 3.8) is 0 Å². The van der Waals surface area contributed by atoms with Gasteiger partial charge >= 0.3 is 5.97 Å². The SMILES string of the molecule is COCC1OC(NC(=O)CNC(=O)c2cn([C@@H]3C(C)O[C@@H](O[C@H]4C(COC)O[C@@H](O[C@H]5C(COC)OC(NC(=O)CCC(=O)OCC6c7ccccc7-c7ccccc76)C(OC)[C@@H]5OC)C(OC)[C@@H]4OC)C(OC)[C@@H]3OC)nn2)C(OC)[C@H](OC)[C@H]1O[C@@H]1OC(COC)[C@H](O[C@@H]2OC(C)[C@@H](C)[C@@H](OC)C2OC)[C@@H](OC)C1OC. The second kappa shape index (κ2) is 42.7. The van der Waals surface area contributed by atoms with E-state index in [1.807, 2.05) is 50.2 Å². The van der Waals surface area contributed by atoms with Crippen molar-refractivity contribution in [1.82, 2.24) is 30.9 Å². The number of carbonyl (C=O) groups is 4. The highest BCUT2D eigenvalue weighted by Crippen LogP contribution is 2.46. The molecule has 37 heteroatoms. The Labute approximate surface area is 658 Å². The topological polar surface area (TPSA) is 384 Å². The first kappa shape index (κ1) is 89.8. The van der Waals surface area contributed by atoms with Crippen LogP contribution >= 0.6 is 0 Å². The lowest BCUT2D eigenvalue weighted by molar-refractivity contribution is -0.376. The van der Waals surface area contributed by atoms with Crippen LogP contribution in [0, 0.1) is 5.92 Å². The summed E-state index contributed by atoms with van der Waals surface area (Å²) in [6.45, 7) is 5.21. The largest absolute Gasteiger partial charge is 0.465 e. The van der Waals surface area contributed by atoms with E-state index in [4.69, 9.17) is 128 Å². The highest BCUT2D eigenvalue weighted by molar-refractivity contribution is 5.94. The van der Waals surface area contributed by atoms with Gasteiger partial charge in [-0.3, -0.25) is 19.2 Å². The lowest BCUT2D eigenvalue weighted by Crippen LogP contribution is -2.68. The molecular weight excluding hydrogens is 1490 g/mol. The lowest BCUT2D eigenvalue weighted by Gasteiger charge is -2.51. The van der Waals surface area contributed by atoms with Crippen molar-refractivity contribution in [3.05, 3.63) is 71.5 Å². The van der Waals surface area contributed by atoms with E-state index >= 15 is 0 Å². The highest BCUT2D eigenvalue weighted by atomic mass is 16.8. The van der Waals surface area contributed by atoms with Gasteiger partial charge in [0, 0.05) is 132 Å². The molecule has 1 aromatic heterocycles. The van der Waals surface area contributed by atoms with Crippen molar-refractivity contribution >= 4 is 23.7 Å². The summed E-state index contributed by atoms with van der Waals surface area (Å²) in [6.07, 6.45) is -24.5. The molecule has 0 saturated carbocycles. The number of carbonyl (C=O) groups excluding carboxylic acids is 4. The van der Waals surface area contributed by atoms with Crippen LogP contribution in [0.4, 0.5) is 0 Å². The average molecular weight is 1610 g/mol. The van der Waals surface area contributed by atoms with Gasteiger partial charge in [-0.25, -0.2) is 4.68 Å². The number of methoxy groups -OCH3 is 16. The maximum absolute atomic E-state index is 13.9. The molecule has 3 aromatic rings. The molecule has 6 fully saturated rings. The Balaban J connectivity index is 0.741. The third-order valence-electron chi connectivity index (χ3n) is 22.2. The molecule has 10 rings (SSSR count). The molecule has 7 heterocycles. The maximum Gasteiger partial charge on any atom is 0.306 e. The Morgan fingerprint density at radius 2 is 0.770 bits per heavy atom. The van der Waals surface area contributed by atoms with Crippen LogP contribution in [0.1, 0.15) is 67.2 Å². The molecule has 6 aliphatic heterocycles. The molecule has 14 unspecified atom stereocenters. The van der Waals surface area contributed by atoms with Gasteiger partial charge in [0.25, 0.3) is 5.91 Å². The Hall–Kier alpha value is -5.58. The minimum absolute atomic E-state index is 0.0117. The van der Waals surface area contributed by atoms with Crippen molar-refractivity contribution in [3.8, 4) is 11.1 Å². The van der Waals surface area contributed by atoms with E-state index in [1.54, 1.807) is 21.1 Å². The number of benzene rings is 2. The fraction of sp³-hybridized carbons (Fsp3) is 0.763. The van der Waals surface area contributed by atoms with Crippen LogP contribution in [0.25, 0.3) is 11.1 Å². The van der Waals surface area contributed by atoms with Crippen LogP contribution in [0.3, 0.4) is 0 Å². The normalized spacial score (nSPS) is 36.6. The van der Waals surface area contributed by atoms with Gasteiger partial charge in [-0.2, -0.15) is 0 Å². The molecule has 636 valence electrons. The third kappa shape index (κ3) is 20.1. The van der Waals surface area contributed by atoms with E-state index in [1.165, 1.54) is 110 Å². The smallest absolute Gasteiger partial charge is 0.306 e. The zero-order valence-corrected chi connectivity index (χ0v) is 67.7. The molecule has 7 aliphatic rings. The van der Waals surface area contributed by atoms with Crippen LogP contribution < -0.4 is 16.0 Å². The summed E-state index contributed by atoms with van der Waals surface area (Å²) in [4.78, 5) is 54.7. The summed E-state index contributed by atoms with van der Waals surface area (Å²) in [5.41, 5.74) is 4.20. The number of nitrogens with one attached hydrogen (secondary N) is 3. The molecule has 113 heavy (non-hydrogen) atoms. The van der Waals surface area contributed by atoms with Crippen molar-refractivity contribution < 1.29 is 147 Å². The first-order valence-corrected chi connectivity index (χ1v) is 37.7. The Kier molecular flexibility index (Phi) is 33.9. The molecule has 6 saturated heterocycles. The number of aromatic nitrogens is 3. The summed E-state index contributed by atoms with van der Waals surface area (Å²) in [7, 11) is 23.9. The van der Waals surface area contributed by atoms with Crippen LogP contribution in [0.2, 0.25) is 0 Å². The monoisotopic (exact) mass is 1610 g/mol. The predicted octanol–water partition coefficient (Wildman–Crippen LogP) is 1.25.